The predicted molar refractivity (Wildman–Crippen MR) is 107 cm³/mol. The fraction of sp³-hybridized carbons (Fsp3) is 0.357. The lowest BCUT2D eigenvalue weighted by atomic mass is 10.2. The molecule has 0 bridgehead atoms. The number of rotatable bonds is 5. The van der Waals surface area contributed by atoms with Gasteiger partial charge in [0.25, 0.3) is 0 Å². The van der Waals surface area contributed by atoms with Crippen molar-refractivity contribution in [1.29, 1.82) is 0 Å². The van der Waals surface area contributed by atoms with Crippen LogP contribution in [0.4, 0.5) is 0 Å². The van der Waals surface area contributed by atoms with Gasteiger partial charge in [0, 0.05) is 26.3 Å². The molecule has 2 aromatic heterocycles. The minimum Gasteiger partial charge on any atom is -0.356 e. The van der Waals surface area contributed by atoms with Crippen LogP contribution >= 0.6 is 58.5 Å². The average Bonchev–Trinajstić information content (AvgIpc) is 3.07. The van der Waals surface area contributed by atoms with Crippen molar-refractivity contribution in [3.8, 4) is 0 Å². The highest BCUT2D eigenvalue weighted by Gasteiger charge is 2.09. The van der Waals surface area contributed by atoms with Gasteiger partial charge in [-0.15, -0.1) is 24.0 Å². The fourth-order valence-electron chi connectivity index (χ4n) is 1.91. The molecule has 0 saturated carbocycles. The Kier molecular flexibility index (Phi) is 8.59. The third kappa shape index (κ3) is 5.33. The zero-order valence-corrected chi connectivity index (χ0v) is 17.1. The monoisotopic (exact) mass is 472 g/mol. The van der Waals surface area contributed by atoms with Crippen molar-refractivity contribution in [2.45, 2.75) is 13.0 Å². The summed E-state index contributed by atoms with van der Waals surface area (Å²) in [5.41, 5.74) is 2.34. The van der Waals surface area contributed by atoms with Crippen molar-refractivity contribution >= 4 is 64.5 Å². The molecule has 0 aliphatic heterocycles. The predicted octanol–water partition coefficient (Wildman–Crippen LogP) is 3.92. The van der Waals surface area contributed by atoms with Crippen molar-refractivity contribution in [2.24, 2.45) is 12.0 Å². The van der Waals surface area contributed by atoms with Crippen LogP contribution in [0, 0.1) is 0 Å². The van der Waals surface area contributed by atoms with Gasteiger partial charge in [0.05, 0.1) is 11.6 Å². The summed E-state index contributed by atoms with van der Waals surface area (Å²) in [6.45, 7) is 1.45. The number of thiophene rings is 1. The Morgan fingerprint density at radius 2 is 2.14 bits per heavy atom. The molecule has 0 spiro atoms. The van der Waals surface area contributed by atoms with Gasteiger partial charge in [-0.05, 0) is 34.9 Å². The second-order valence-corrected chi connectivity index (χ2v) is 6.11. The first-order chi connectivity index (χ1) is 10.1. The Morgan fingerprint density at radius 1 is 1.36 bits per heavy atom. The summed E-state index contributed by atoms with van der Waals surface area (Å²) in [5.74, 6) is 0.763. The van der Waals surface area contributed by atoms with Crippen LogP contribution in [-0.4, -0.2) is 24.1 Å². The van der Waals surface area contributed by atoms with Crippen LogP contribution in [0.2, 0.25) is 10.2 Å². The van der Waals surface area contributed by atoms with Gasteiger partial charge < -0.3 is 15.2 Å². The lowest BCUT2D eigenvalue weighted by molar-refractivity contribution is 0.747. The quantitative estimate of drug-likeness (QED) is 0.393. The van der Waals surface area contributed by atoms with E-state index in [4.69, 9.17) is 23.2 Å². The maximum atomic E-state index is 6.05. The van der Waals surface area contributed by atoms with Gasteiger partial charge in [-0.3, -0.25) is 4.99 Å². The number of aliphatic imine (C=N–C) groups is 1. The van der Waals surface area contributed by atoms with Gasteiger partial charge in [0.15, 0.2) is 5.96 Å². The van der Waals surface area contributed by atoms with Gasteiger partial charge in [-0.2, -0.15) is 11.3 Å². The lowest BCUT2D eigenvalue weighted by Gasteiger charge is -2.12. The van der Waals surface area contributed by atoms with Gasteiger partial charge in [0.2, 0.25) is 0 Å². The first-order valence-corrected chi connectivity index (χ1v) is 8.27. The lowest BCUT2D eigenvalue weighted by Crippen LogP contribution is -2.38. The van der Waals surface area contributed by atoms with Crippen LogP contribution in [-0.2, 0) is 20.0 Å². The molecule has 2 N–H and O–H groups in total. The highest BCUT2D eigenvalue weighted by molar-refractivity contribution is 14.0. The Labute approximate surface area is 161 Å². The fourth-order valence-corrected chi connectivity index (χ4v) is 3.03. The second-order valence-electron chi connectivity index (χ2n) is 4.57. The number of aromatic nitrogens is 1. The normalized spacial score (nSPS) is 11.2. The SMILES string of the molecule is CN=C(NCCc1ccsc1)NCc1cc(Cl)c(Cl)n1C.I. The maximum absolute atomic E-state index is 6.05. The van der Waals surface area contributed by atoms with Crippen LogP contribution in [0.15, 0.2) is 27.9 Å². The van der Waals surface area contributed by atoms with E-state index in [1.165, 1.54) is 5.56 Å². The summed E-state index contributed by atoms with van der Waals surface area (Å²) >= 11 is 13.8. The number of nitrogens with zero attached hydrogens (tertiary/aromatic N) is 2. The molecular formula is C14H19Cl2IN4S. The number of hydrogen-bond acceptors (Lipinski definition) is 2. The third-order valence-electron chi connectivity index (χ3n) is 3.16. The van der Waals surface area contributed by atoms with Crippen molar-refractivity contribution < 1.29 is 0 Å². The Bertz CT molecular complexity index is 611. The number of hydrogen-bond donors (Lipinski definition) is 2. The van der Waals surface area contributed by atoms with E-state index in [0.717, 1.165) is 24.6 Å². The molecule has 0 fully saturated rings. The van der Waals surface area contributed by atoms with E-state index in [9.17, 15) is 0 Å². The van der Waals surface area contributed by atoms with E-state index in [0.29, 0.717) is 16.7 Å². The molecule has 0 aromatic carbocycles. The Morgan fingerprint density at radius 3 is 2.68 bits per heavy atom. The topological polar surface area (TPSA) is 41.4 Å². The molecule has 22 heavy (non-hydrogen) atoms. The van der Waals surface area contributed by atoms with E-state index < -0.39 is 0 Å². The molecule has 0 atom stereocenters. The molecule has 8 heteroatoms. The van der Waals surface area contributed by atoms with Crippen LogP contribution in [0.5, 0.6) is 0 Å². The molecule has 0 radical (unpaired) electrons. The minimum absolute atomic E-state index is 0. The van der Waals surface area contributed by atoms with Crippen molar-refractivity contribution in [2.75, 3.05) is 13.6 Å². The average molecular weight is 473 g/mol. The second kappa shape index (κ2) is 9.64. The zero-order chi connectivity index (χ0) is 15.2. The molecule has 0 amide bonds. The Hall–Kier alpha value is -0.440. The minimum atomic E-state index is 0. The van der Waals surface area contributed by atoms with Crippen LogP contribution < -0.4 is 10.6 Å². The molecule has 2 heterocycles. The smallest absolute Gasteiger partial charge is 0.191 e. The summed E-state index contributed by atoms with van der Waals surface area (Å²) in [6, 6.07) is 3.99. The molecule has 0 unspecified atom stereocenters. The first kappa shape index (κ1) is 19.6. The largest absolute Gasteiger partial charge is 0.356 e. The van der Waals surface area contributed by atoms with E-state index in [2.05, 4.69) is 32.5 Å². The number of halogens is 3. The summed E-state index contributed by atoms with van der Waals surface area (Å²) in [4.78, 5) is 4.20. The van der Waals surface area contributed by atoms with Gasteiger partial charge >= 0.3 is 0 Å². The van der Waals surface area contributed by atoms with E-state index in [-0.39, 0.29) is 24.0 Å². The molecule has 0 aliphatic rings. The van der Waals surface area contributed by atoms with Crippen molar-refractivity contribution in [1.82, 2.24) is 15.2 Å². The van der Waals surface area contributed by atoms with E-state index in [1.807, 2.05) is 17.7 Å². The van der Waals surface area contributed by atoms with E-state index in [1.54, 1.807) is 18.4 Å². The molecule has 0 saturated heterocycles. The van der Waals surface area contributed by atoms with E-state index >= 15 is 0 Å². The standard InChI is InChI=1S/C14H18Cl2N4S.HI/c1-17-14(18-5-3-10-4-6-21-9-10)19-8-11-7-12(15)13(16)20(11)2;/h4,6-7,9H,3,5,8H2,1-2H3,(H2,17,18,19);1H. The molecule has 0 aliphatic carbocycles. The highest BCUT2D eigenvalue weighted by Crippen LogP contribution is 2.24. The van der Waals surface area contributed by atoms with Gasteiger partial charge in [0.1, 0.15) is 5.15 Å². The molecule has 2 aromatic rings. The number of nitrogens with one attached hydrogen (secondary N) is 2. The van der Waals surface area contributed by atoms with Crippen molar-refractivity contribution in [3.05, 3.63) is 44.3 Å². The Balaban J connectivity index is 0.00000242. The molecular weight excluding hydrogens is 454 g/mol. The third-order valence-corrected chi connectivity index (χ3v) is 4.74. The number of guanidine groups is 1. The summed E-state index contributed by atoms with van der Waals surface area (Å²) < 4.78 is 1.86. The van der Waals surface area contributed by atoms with Crippen LogP contribution in [0.25, 0.3) is 0 Å². The van der Waals surface area contributed by atoms with Crippen molar-refractivity contribution in [3.63, 3.8) is 0 Å². The summed E-state index contributed by atoms with van der Waals surface area (Å²) in [6.07, 6.45) is 0.978. The van der Waals surface area contributed by atoms with Crippen LogP contribution in [0.3, 0.4) is 0 Å². The molecule has 122 valence electrons. The first-order valence-electron chi connectivity index (χ1n) is 6.57. The summed E-state index contributed by atoms with van der Waals surface area (Å²) in [7, 11) is 3.64. The zero-order valence-electron chi connectivity index (χ0n) is 12.4. The van der Waals surface area contributed by atoms with Gasteiger partial charge in [-0.25, -0.2) is 0 Å². The highest BCUT2D eigenvalue weighted by atomic mass is 127. The molecule has 2 rings (SSSR count). The summed E-state index contributed by atoms with van der Waals surface area (Å²) in [5, 5.41) is 11.9. The van der Waals surface area contributed by atoms with Gasteiger partial charge in [-0.1, -0.05) is 23.2 Å². The maximum Gasteiger partial charge on any atom is 0.191 e. The van der Waals surface area contributed by atoms with Crippen LogP contribution in [0.1, 0.15) is 11.3 Å². The molecule has 4 nitrogen and oxygen atoms in total.